The van der Waals surface area contributed by atoms with Crippen LogP contribution in [0.15, 0.2) is 36.4 Å². The molecule has 2 aromatic carbocycles. The summed E-state index contributed by atoms with van der Waals surface area (Å²) in [6.07, 6.45) is 4.53. The first-order chi connectivity index (χ1) is 13.5. The number of aryl methyl sites for hydroxylation is 2. The molecule has 28 heavy (non-hydrogen) atoms. The lowest BCUT2D eigenvalue weighted by Gasteiger charge is -2.23. The Hall–Kier alpha value is -2.31. The van der Waals surface area contributed by atoms with Crippen molar-refractivity contribution in [2.24, 2.45) is 0 Å². The molecule has 6 heteroatoms. The lowest BCUT2D eigenvalue weighted by atomic mass is 9.90. The summed E-state index contributed by atoms with van der Waals surface area (Å²) in [6.45, 7) is 1.26. The number of fused-ring (bicyclic) bond motifs is 2. The van der Waals surface area contributed by atoms with Gasteiger partial charge in [0.05, 0.1) is 10.2 Å². The van der Waals surface area contributed by atoms with Gasteiger partial charge in [0, 0.05) is 18.7 Å². The van der Waals surface area contributed by atoms with E-state index in [4.69, 9.17) is 0 Å². The quantitative estimate of drug-likeness (QED) is 0.635. The van der Waals surface area contributed by atoms with Gasteiger partial charge in [-0.05, 0) is 81.2 Å². The van der Waals surface area contributed by atoms with Crippen LogP contribution < -0.4 is 4.90 Å². The Morgan fingerprint density at radius 1 is 1.07 bits per heavy atom. The molecule has 0 saturated carbocycles. The first kappa shape index (κ1) is 19.0. The zero-order valence-electron chi connectivity index (χ0n) is 16.2. The van der Waals surface area contributed by atoms with Gasteiger partial charge in [0.1, 0.15) is 5.82 Å². The molecule has 4 rings (SSSR count). The Morgan fingerprint density at radius 2 is 1.86 bits per heavy atom. The minimum atomic E-state index is -0.288. The lowest BCUT2D eigenvalue weighted by molar-refractivity contribution is 0.0985. The zero-order valence-corrected chi connectivity index (χ0v) is 17.1. The van der Waals surface area contributed by atoms with E-state index in [1.54, 1.807) is 11.0 Å². The van der Waals surface area contributed by atoms with Crippen molar-refractivity contribution in [3.63, 3.8) is 0 Å². The number of carbonyl (C=O) groups is 1. The fourth-order valence-electron chi connectivity index (χ4n) is 3.61. The maximum atomic E-state index is 13.6. The topological polar surface area (TPSA) is 36.4 Å². The molecule has 0 N–H and O–H groups in total. The average Bonchev–Trinajstić information content (AvgIpc) is 3.10. The van der Waals surface area contributed by atoms with Crippen molar-refractivity contribution in [1.29, 1.82) is 0 Å². The third-order valence-corrected chi connectivity index (χ3v) is 6.22. The van der Waals surface area contributed by atoms with Crippen LogP contribution in [0.2, 0.25) is 0 Å². The number of hydrogen-bond donors (Lipinski definition) is 0. The molecule has 146 valence electrons. The number of carbonyl (C=O) groups excluding carboxylic acids is 1. The zero-order chi connectivity index (χ0) is 19.7. The number of nitrogens with zero attached hydrogens (tertiary/aromatic N) is 3. The Kier molecular flexibility index (Phi) is 5.42. The normalized spacial score (nSPS) is 13.7. The van der Waals surface area contributed by atoms with Crippen molar-refractivity contribution in [2.75, 3.05) is 32.1 Å². The Bertz CT molecular complexity index is 1010. The molecule has 0 fully saturated rings. The molecule has 1 aromatic heterocycles. The highest BCUT2D eigenvalue weighted by molar-refractivity contribution is 7.22. The summed E-state index contributed by atoms with van der Waals surface area (Å²) >= 11 is 1.36. The molecule has 1 aliphatic rings. The van der Waals surface area contributed by atoms with Crippen molar-refractivity contribution in [3.05, 3.63) is 58.9 Å². The van der Waals surface area contributed by atoms with Crippen LogP contribution in [-0.2, 0) is 12.8 Å². The Morgan fingerprint density at radius 3 is 2.64 bits per heavy atom. The summed E-state index contributed by atoms with van der Waals surface area (Å²) in [4.78, 5) is 21.8. The molecule has 0 atom stereocenters. The summed E-state index contributed by atoms with van der Waals surface area (Å²) in [6, 6.07) is 10.6. The van der Waals surface area contributed by atoms with Gasteiger partial charge in [-0.3, -0.25) is 9.69 Å². The van der Waals surface area contributed by atoms with Gasteiger partial charge in [0.25, 0.3) is 5.91 Å². The number of aromatic nitrogens is 1. The number of amides is 1. The van der Waals surface area contributed by atoms with Crippen LogP contribution in [0, 0.1) is 5.82 Å². The second-order valence-electron chi connectivity index (χ2n) is 7.56. The van der Waals surface area contributed by atoms with E-state index in [2.05, 4.69) is 11.1 Å². The van der Waals surface area contributed by atoms with E-state index in [0.29, 0.717) is 17.2 Å². The van der Waals surface area contributed by atoms with Gasteiger partial charge < -0.3 is 4.90 Å². The summed E-state index contributed by atoms with van der Waals surface area (Å²) in [5.41, 5.74) is 4.06. The molecule has 0 aliphatic heterocycles. The van der Waals surface area contributed by atoms with E-state index in [9.17, 15) is 9.18 Å². The van der Waals surface area contributed by atoms with E-state index >= 15 is 0 Å². The van der Waals surface area contributed by atoms with Gasteiger partial charge in [-0.25, -0.2) is 9.37 Å². The number of likely N-dealkylation sites (N-methyl/N-ethyl adjacent to an activating group) is 1. The predicted molar refractivity (Wildman–Crippen MR) is 113 cm³/mol. The molecule has 0 spiro atoms. The molecule has 0 radical (unpaired) electrons. The monoisotopic (exact) mass is 397 g/mol. The van der Waals surface area contributed by atoms with E-state index in [1.807, 2.05) is 31.1 Å². The number of thiazole rings is 1. The molecule has 3 aromatic rings. The first-order valence-electron chi connectivity index (χ1n) is 9.66. The minimum Gasteiger partial charge on any atom is -0.308 e. The number of hydrogen-bond acceptors (Lipinski definition) is 4. The number of rotatable bonds is 5. The van der Waals surface area contributed by atoms with Gasteiger partial charge in [0.2, 0.25) is 0 Å². The molecule has 0 bridgehead atoms. The Balaban J connectivity index is 1.69. The first-order valence-corrected chi connectivity index (χ1v) is 10.5. The number of halogens is 1. The highest BCUT2D eigenvalue weighted by atomic mass is 32.1. The second-order valence-corrected chi connectivity index (χ2v) is 8.57. The summed E-state index contributed by atoms with van der Waals surface area (Å²) in [5, 5.41) is 0.616. The van der Waals surface area contributed by atoms with E-state index < -0.39 is 0 Å². The lowest BCUT2D eigenvalue weighted by Crippen LogP contribution is -2.36. The Labute approximate surface area is 168 Å². The van der Waals surface area contributed by atoms with Crippen LogP contribution in [0.4, 0.5) is 9.52 Å². The van der Waals surface area contributed by atoms with E-state index in [-0.39, 0.29) is 11.7 Å². The molecule has 1 amide bonds. The van der Waals surface area contributed by atoms with Crippen molar-refractivity contribution in [1.82, 2.24) is 9.88 Å². The minimum absolute atomic E-state index is 0.0465. The van der Waals surface area contributed by atoms with Crippen molar-refractivity contribution >= 4 is 32.6 Å². The molecular formula is C22H24FN3OS. The third kappa shape index (κ3) is 3.93. The van der Waals surface area contributed by atoms with E-state index in [1.165, 1.54) is 47.4 Å². The van der Waals surface area contributed by atoms with Gasteiger partial charge in [-0.2, -0.15) is 0 Å². The smallest absolute Gasteiger partial charge is 0.260 e. The molecule has 4 nitrogen and oxygen atoms in total. The maximum absolute atomic E-state index is 13.6. The fraction of sp³-hybridized carbons (Fsp3) is 0.364. The van der Waals surface area contributed by atoms with Crippen LogP contribution in [0.25, 0.3) is 10.2 Å². The maximum Gasteiger partial charge on any atom is 0.260 e. The summed E-state index contributed by atoms with van der Waals surface area (Å²) < 4.78 is 14.3. The highest BCUT2D eigenvalue weighted by Crippen LogP contribution is 2.31. The number of anilines is 1. The van der Waals surface area contributed by atoms with Crippen LogP contribution >= 0.6 is 11.3 Å². The van der Waals surface area contributed by atoms with Crippen LogP contribution in [0.1, 0.15) is 34.3 Å². The third-order valence-electron chi connectivity index (χ3n) is 5.18. The van der Waals surface area contributed by atoms with Crippen LogP contribution in [-0.4, -0.2) is 43.0 Å². The average molecular weight is 398 g/mol. The fourth-order valence-corrected chi connectivity index (χ4v) is 4.62. The van der Waals surface area contributed by atoms with Gasteiger partial charge in [-0.15, -0.1) is 0 Å². The molecule has 0 saturated heterocycles. The molecule has 1 aliphatic carbocycles. The molecule has 0 unspecified atom stereocenters. The molecule has 1 heterocycles. The van der Waals surface area contributed by atoms with Crippen molar-refractivity contribution < 1.29 is 9.18 Å². The summed E-state index contributed by atoms with van der Waals surface area (Å²) in [5.74, 6) is -0.335. The number of benzene rings is 2. The predicted octanol–water partition coefficient (Wildman–Crippen LogP) is 4.52. The highest BCUT2D eigenvalue weighted by Gasteiger charge is 2.23. The van der Waals surface area contributed by atoms with Gasteiger partial charge in [0.15, 0.2) is 5.13 Å². The standard InChI is InChI=1S/C22H24FN3OS/c1-25(2)11-12-26(22-24-19-10-9-18(23)14-20(19)28-22)21(27)17-8-7-15-5-3-4-6-16(15)13-17/h7-10,13-14H,3-6,11-12H2,1-2H3. The van der Waals surface area contributed by atoms with Gasteiger partial charge in [-0.1, -0.05) is 17.4 Å². The summed E-state index contributed by atoms with van der Waals surface area (Å²) in [7, 11) is 3.96. The molecular weight excluding hydrogens is 373 g/mol. The second kappa shape index (κ2) is 7.97. The largest absolute Gasteiger partial charge is 0.308 e. The van der Waals surface area contributed by atoms with Gasteiger partial charge >= 0.3 is 0 Å². The van der Waals surface area contributed by atoms with Crippen LogP contribution in [0.3, 0.4) is 0 Å². The van der Waals surface area contributed by atoms with Crippen molar-refractivity contribution in [3.8, 4) is 0 Å². The van der Waals surface area contributed by atoms with Crippen LogP contribution in [0.5, 0.6) is 0 Å². The van der Waals surface area contributed by atoms with E-state index in [0.717, 1.165) is 29.6 Å². The SMILES string of the molecule is CN(C)CCN(C(=O)c1ccc2c(c1)CCCC2)c1nc2ccc(F)cc2s1. The van der Waals surface area contributed by atoms with Crippen molar-refractivity contribution in [2.45, 2.75) is 25.7 Å².